The molecule has 0 spiro atoms. The Labute approximate surface area is 264 Å². The number of hydrogen-bond donors (Lipinski definition) is 0. The fraction of sp³-hybridized carbons (Fsp3) is 0.128. The number of nitrogens with zero attached hydrogens (tertiary/aromatic N) is 3. The van der Waals surface area contributed by atoms with Gasteiger partial charge in [-0.3, -0.25) is 9.69 Å². The lowest BCUT2D eigenvalue weighted by Gasteiger charge is -2.25. The van der Waals surface area contributed by atoms with Crippen LogP contribution in [-0.4, -0.2) is 30.5 Å². The molecule has 5 aromatic rings. The normalized spacial score (nSPS) is 14.5. The van der Waals surface area contributed by atoms with Gasteiger partial charge in [0.05, 0.1) is 12.8 Å². The predicted molar refractivity (Wildman–Crippen MR) is 182 cm³/mol. The minimum Gasteiger partial charge on any atom is -0.497 e. The second kappa shape index (κ2) is 13.8. The minimum absolute atomic E-state index is 0.212. The molecule has 0 aliphatic carbocycles. The van der Waals surface area contributed by atoms with Crippen molar-refractivity contribution in [2.45, 2.75) is 19.8 Å². The Hall–Kier alpha value is -5.62. The van der Waals surface area contributed by atoms with E-state index in [1.54, 1.807) is 18.1 Å². The van der Waals surface area contributed by atoms with Gasteiger partial charge in [-0.1, -0.05) is 85.8 Å². The number of aryl methyl sites for hydroxylation is 1. The van der Waals surface area contributed by atoms with Gasteiger partial charge in [0.25, 0.3) is 5.91 Å². The molecule has 1 aliphatic heterocycles. The molecule has 1 aliphatic rings. The van der Waals surface area contributed by atoms with Crippen LogP contribution < -0.4 is 9.64 Å². The minimum atomic E-state index is -0.212. The summed E-state index contributed by atoms with van der Waals surface area (Å²) in [5, 5.41) is 0. The number of ether oxygens (including phenoxy) is 2. The van der Waals surface area contributed by atoms with E-state index >= 15 is 0 Å². The molecular formula is C39H35N3O3. The molecule has 224 valence electrons. The molecule has 0 radical (unpaired) electrons. The average Bonchev–Trinajstić information content (AvgIpc) is 3.38. The first-order chi connectivity index (χ1) is 22.1. The van der Waals surface area contributed by atoms with Gasteiger partial charge in [0.2, 0.25) is 0 Å². The Morgan fingerprint density at radius 3 is 1.98 bits per heavy atom. The van der Waals surface area contributed by atoms with E-state index in [-0.39, 0.29) is 17.7 Å². The lowest BCUT2D eigenvalue weighted by molar-refractivity contribution is -0.122. The maximum Gasteiger partial charge on any atom is 0.305 e. The number of para-hydroxylation sites is 3. The summed E-state index contributed by atoms with van der Waals surface area (Å²) >= 11 is 0. The standard InChI is InChI=1S/C39H35N3O3/c1-3-31-12-10-11-17-36(31)40-39-41(27-26-29-20-24-35(44-2)25-21-29)38(43)37(45-39)28-30-18-22-34(23-19-30)42(32-13-6-4-7-14-32)33-15-8-5-9-16-33/h4-25,28H,3,26-27H2,1-2H3/b37-28+,40-39?. The van der Waals surface area contributed by atoms with Crippen molar-refractivity contribution in [3.8, 4) is 5.75 Å². The Balaban J connectivity index is 1.29. The van der Waals surface area contributed by atoms with Gasteiger partial charge in [-0.05, 0) is 90.2 Å². The van der Waals surface area contributed by atoms with E-state index < -0.39 is 0 Å². The number of rotatable bonds is 10. The third-order valence-electron chi connectivity index (χ3n) is 7.74. The van der Waals surface area contributed by atoms with Crippen LogP contribution in [0.4, 0.5) is 22.7 Å². The zero-order valence-electron chi connectivity index (χ0n) is 25.5. The van der Waals surface area contributed by atoms with Crippen molar-refractivity contribution in [3.05, 3.63) is 156 Å². The van der Waals surface area contributed by atoms with E-state index in [0.29, 0.717) is 13.0 Å². The Kier molecular flexibility index (Phi) is 9.02. The highest BCUT2D eigenvalue weighted by Crippen LogP contribution is 2.34. The summed E-state index contributed by atoms with van der Waals surface area (Å²) in [5.41, 5.74) is 6.96. The summed E-state index contributed by atoms with van der Waals surface area (Å²) < 4.78 is 11.5. The van der Waals surface area contributed by atoms with Gasteiger partial charge in [0.15, 0.2) is 5.76 Å². The fourth-order valence-electron chi connectivity index (χ4n) is 5.32. The molecule has 1 saturated heterocycles. The second-order valence-corrected chi connectivity index (χ2v) is 10.6. The topological polar surface area (TPSA) is 54.4 Å². The third kappa shape index (κ3) is 6.81. The summed E-state index contributed by atoms with van der Waals surface area (Å²) in [4.78, 5) is 22.4. The van der Waals surface area contributed by atoms with Crippen LogP contribution in [0.1, 0.15) is 23.6 Å². The van der Waals surface area contributed by atoms with E-state index in [4.69, 9.17) is 14.5 Å². The van der Waals surface area contributed by atoms with E-state index in [0.717, 1.165) is 51.6 Å². The number of methoxy groups -OCH3 is 1. The van der Waals surface area contributed by atoms with Crippen molar-refractivity contribution in [1.82, 2.24) is 4.90 Å². The summed E-state index contributed by atoms with van der Waals surface area (Å²) in [6.07, 6.45) is 3.26. The van der Waals surface area contributed by atoms with Gasteiger partial charge in [-0.15, -0.1) is 0 Å². The molecule has 6 nitrogen and oxygen atoms in total. The van der Waals surface area contributed by atoms with Gasteiger partial charge >= 0.3 is 6.02 Å². The molecule has 0 aromatic heterocycles. The first-order valence-electron chi connectivity index (χ1n) is 15.1. The molecule has 0 saturated carbocycles. The van der Waals surface area contributed by atoms with Crippen LogP contribution in [0.3, 0.4) is 0 Å². The van der Waals surface area contributed by atoms with Gasteiger partial charge in [-0.25, -0.2) is 0 Å². The largest absolute Gasteiger partial charge is 0.497 e. The molecular weight excluding hydrogens is 558 g/mol. The van der Waals surface area contributed by atoms with Crippen molar-refractivity contribution >= 4 is 40.8 Å². The van der Waals surface area contributed by atoms with Crippen molar-refractivity contribution in [3.63, 3.8) is 0 Å². The maximum absolute atomic E-state index is 13.8. The summed E-state index contributed by atoms with van der Waals surface area (Å²) in [6, 6.07) is 44.7. The molecule has 5 aromatic carbocycles. The highest BCUT2D eigenvalue weighted by molar-refractivity contribution is 6.11. The van der Waals surface area contributed by atoms with Gasteiger partial charge < -0.3 is 14.4 Å². The molecule has 0 bridgehead atoms. The summed E-state index contributed by atoms with van der Waals surface area (Å²) in [5.74, 6) is 0.827. The molecule has 1 heterocycles. The van der Waals surface area contributed by atoms with Crippen LogP contribution in [0.15, 0.2) is 144 Å². The van der Waals surface area contributed by atoms with Crippen LogP contribution in [0.2, 0.25) is 0 Å². The van der Waals surface area contributed by atoms with Crippen LogP contribution in [0.5, 0.6) is 5.75 Å². The lowest BCUT2D eigenvalue weighted by Crippen LogP contribution is -2.31. The van der Waals surface area contributed by atoms with Crippen molar-refractivity contribution < 1.29 is 14.3 Å². The quantitative estimate of drug-likeness (QED) is 0.152. The number of hydrogen-bond acceptors (Lipinski definition) is 5. The fourth-order valence-corrected chi connectivity index (χ4v) is 5.32. The Bertz CT molecular complexity index is 1760. The first kappa shape index (κ1) is 29.5. The van der Waals surface area contributed by atoms with E-state index in [9.17, 15) is 4.79 Å². The monoisotopic (exact) mass is 593 g/mol. The molecule has 0 unspecified atom stereocenters. The van der Waals surface area contributed by atoms with Gasteiger partial charge in [-0.2, -0.15) is 4.99 Å². The zero-order chi connectivity index (χ0) is 31.0. The summed E-state index contributed by atoms with van der Waals surface area (Å²) in [6.45, 7) is 2.52. The lowest BCUT2D eigenvalue weighted by atomic mass is 10.1. The number of carbonyl (C=O) groups excluding carboxylic acids is 1. The molecule has 1 amide bonds. The SMILES string of the molecule is CCc1ccccc1N=C1O/C(=C/c2ccc(N(c3ccccc3)c3ccccc3)cc2)C(=O)N1CCc1ccc(OC)cc1. The van der Waals surface area contributed by atoms with Crippen molar-refractivity contribution in [1.29, 1.82) is 0 Å². The average molecular weight is 594 g/mol. The van der Waals surface area contributed by atoms with Crippen LogP contribution in [0, 0.1) is 0 Å². The number of benzene rings is 5. The summed E-state index contributed by atoms with van der Waals surface area (Å²) in [7, 11) is 1.65. The third-order valence-corrected chi connectivity index (χ3v) is 7.74. The first-order valence-corrected chi connectivity index (χ1v) is 15.1. The molecule has 6 heteroatoms. The zero-order valence-corrected chi connectivity index (χ0v) is 25.5. The van der Waals surface area contributed by atoms with Crippen LogP contribution in [0.25, 0.3) is 6.08 Å². The van der Waals surface area contributed by atoms with E-state index in [1.807, 2.05) is 97.1 Å². The highest BCUT2D eigenvalue weighted by Gasteiger charge is 2.35. The molecule has 1 fully saturated rings. The van der Waals surface area contributed by atoms with Gasteiger partial charge in [0.1, 0.15) is 5.75 Å². The number of amidine groups is 1. The molecule has 6 rings (SSSR count). The van der Waals surface area contributed by atoms with Crippen LogP contribution in [-0.2, 0) is 22.4 Å². The molecule has 45 heavy (non-hydrogen) atoms. The Morgan fingerprint density at radius 2 is 1.36 bits per heavy atom. The molecule has 0 atom stereocenters. The van der Waals surface area contributed by atoms with Crippen molar-refractivity contribution in [2.24, 2.45) is 4.99 Å². The number of amides is 1. The van der Waals surface area contributed by atoms with Crippen molar-refractivity contribution in [2.75, 3.05) is 18.6 Å². The number of aliphatic imine (C=N–C) groups is 1. The molecule has 0 N–H and O–H groups in total. The predicted octanol–water partition coefficient (Wildman–Crippen LogP) is 8.86. The smallest absolute Gasteiger partial charge is 0.305 e. The van der Waals surface area contributed by atoms with E-state index in [2.05, 4.69) is 48.2 Å². The van der Waals surface area contributed by atoms with Gasteiger partial charge in [0, 0.05) is 23.6 Å². The maximum atomic E-state index is 13.8. The number of carbonyl (C=O) groups is 1. The second-order valence-electron chi connectivity index (χ2n) is 10.6. The van der Waals surface area contributed by atoms with Crippen LogP contribution >= 0.6 is 0 Å². The number of anilines is 3. The van der Waals surface area contributed by atoms with E-state index in [1.165, 1.54) is 0 Å². The Morgan fingerprint density at radius 1 is 0.756 bits per heavy atom. The highest BCUT2D eigenvalue weighted by atomic mass is 16.5.